The minimum Gasteiger partial charge on any atom is -0.495 e. The fourth-order valence-electron chi connectivity index (χ4n) is 2.38. The molecule has 0 heterocycles. The quantitative estimate of drug-likeness (QED) is 0.354. The highest BCUT2D eigenvalue weighted by atomic mass is 32.2. The van der Waals surface area contributed by atoms with E-state index in [4.69, 9.17) is 9.47 Å². The second-order valence-corrected chi connectivity index (χ2v) is 8.71. The van der Waals surface area contributed by atoms with Crippen LogP contribution in [0.3, 0.4) is 0 Å². The van der Waals surface area contributed by atoms with Gasteiger partial charge in [0.2, 0.25) is 0 Å². The van der Waals surface area contributed by atoms with Crippen molar-refractivity contribution in [3.63, 3.8) is 0 Å². The van der Waals surface area contributed by atoms with Gasteiger partial charge in [0.05, 0.1) is 25.3 Å². The number of amides is 1. The molecule has 0 aliphatic rings. The standard InChI is InChI=1S/C21H27NO5S/c1-7-18(23)22(16-11-9-10-12-17(16)26-6)15(14-28-21(3,4)5)13-20(25)27-19(24)8-2/h7-12,15H,1-2,13-14H2,3-6H3. The summed E-state index contributed by atoms with van der Waals surface area (Å²) in [6, 6.07) is 6.45. The van der Waals surface area contributed by atoms with Crippen molar-refractivity contribution in [2.45, 2.75) is 38.0 Å². The van der Waals surface area contributed by atoms with E-state index >= 15 is 0 Å². The van der Waals surface area contributed by atoms with Crippen molar-refractivity contribution in [2.75, 3.05) is 17.8 Å². The number of anilines is 1. The zero-order valence-corrected chi connectivity index (χ0v) is 17.6. The normalized spacial score (nSPS) is 11.9. The van der Waals surface area contributed by atoms with E-state index in [1.165, 1.54) is 18.1 Å². The average Bonchev–Trinajstić information content (AvgIpc) is 2.65. The first-order valence-corrected chi connectivity index (χ1v) is 9.71. The number of thioether (sulfide) groups is 1. The first kappa shape index (κ1) is 23.5. The molecule has 0 bridgehead atoms. The van der Waals surface area contributed by atoms with Crippen LogP contribution in [-0.4, -0.2) is 41.5 Å². The Bertz CT molecular complexity index is 739. The number of esters is 2. The molecule has 1 atom stereocenters. The number of benzene rings is 1. The molecule has 0 N–H and O–H groups in total. The van der Waals surface area contributed by atoms with Crippen LogP contribution < -0.4 is 9.64 Å². The summed E-state index contributed by atoms with van der Waals surface area (Å²) in [5, 5.41) is 0. The highest BCUT2D eigenvalue weighted by Crippen LogP contribution is 2.33. The zero-order valence-electron chi connectivity index (χ0n) is 16.8. The lowest BCUT2D eigenvalue weighted by atomic mass is 10.1. The van der Waals surface area contributed by atoms with E-state index in [1.54, 1.807) is 36.0 Å². The minimum absolute atomic E-state index is 0.0945. The van der Waals surface area contributed by atoms with Crippen molar-refractivity contribution in [1.29, 1.82) is 0 Å². The lowest BCUT2D eigenvalue weighted by Crippen LogP contribution is -2.43. The van der Waals surface area contributed by atoms with Gasteiger partial charge in [-0.05, 0) is 18.2 Å². The molecule has 0 aliphatic heterocycles. The summed E-state index contributed by atoms with van der Waals surface area (Å²) in [6.07, 6.45) is 1.94. The predicted molar refractivity (Wildman–Crippen MR) is 113 cm³/mol. The molecule has 0 radical (unpaired) electrons. The van der Waals surface area contributed by atoms with E-state index in [9.17, 15) is 14.4 Å². The number of carbonyl (C=O) groups excluding carboxylic acids is 3. The Morgan fingerprint density at radius 3 is 2.36 bits per heavy atom. The van der Waals surface area contributed by atoms with Gasteiger partial charge < -0.3 is 14.4 Å². The number of nitrogens with zero attached hydrogens (tertiary/aromatic N) is 1. The van der Waals surface area contributed by atoms with Gasteiger partial charge in [-0.3, -0.25) is 9.59 Å². The maximum Gasteiger partial charge on any atom is 0.337 e. The van der Waals surface area contributed by atoms with Crippen molar-refractivity contribution in [2.24, 2.45) is 0 Å². The molecule has 6 nitrogen and oxygen atoms in total. The van der Waals surface area contributed by atoms with Gasteiger partial charge in [-0.15, -0.1) is 0 Å². The summed E-state index contributed by atoms with van der Waals surface area (Å²) in [4.78, 5) is 37.8. The number of methoxy groups -OCH3 is 1. The van der Waals surface area contributed by atoms with Gasteiger partial charge in [0.1, 0.15) is 5.75 Å². The summed E-state index contributed by atoms with van der Waals surface area (Å²) in [5.74, 6) is -1.02. The lowest BCUT2D eigenvalue weighted by molar-refractivity contribution is -0.156. The van der Waals surface area contributed by atoms with Crippen LogP contribution in [0.25, 0.3) is 0 Å². The summed E-state index contributed by atoms with van der Waals surface area (Å²) in [5.41, 5.74) is 0.511. The van der Waals surface area contributed by atoms with E-state index in [0.29, 0.717) is 17.2 Å². The first-order valence-electron chi connectivity index (χ1n) is 8.72. The van der Waals surface area contributed by atoms with Gasteiger partial charge >= 0.3 is 11.9 Å². The Morgan fingerprint density at radius 2 is 1.82 bits per heavy atom. The van der Waals surface area contributed by atoms with Crippen LogP contribution in [0.5, 0.6) is 5.75 Å². The third-order valence-corrected chi connectivity index (χ3v) is 5.03. The number of para-hydroxylation sites is 2. The molecule has 7 heteroatoms. The van der Waals surface area contributed by atoms with E-state index < -0.39 is 18.0 Å². The van der Waals surface area contributed by atoms with Crippen molar-refractivity contribution in [3.8, 4) is 5.75 Å². The van der Waals surface area contributed by atoms with Crippen molar-refractivity contribution < 1.29 is 23.9 Å². The van der Waals surface area contributed by atoms with E-state index in [0.717, 1.165) is 6.08 Å². The molecular formula is C21H27NO5S. The van der Waals surface area contributed by atoms with Crippen molar-refractivity contribution >= 4 is 35.3 Å². The third kappa shape index (κ3) is 7.23. The van der Waals surface area contributed by atoms with Crippen LogP contribution in [0.15, 0.2) is 49.6 Å². The molecule has 0 spiro atoms. The number of hydrogen-bond donors (Lipinski definition) is 0. The average molecular weight is 406 g/mol. The number of ether oxygens (including phenoxy) is 2. The fraction of sp³-hybridized carbons (Fsp3) is 0.381. The summed E-state index contributed by atoms with van der Waals surface area (Å²) >= 11 is 1.59. The highest BCUT2D eigenvalue weighted by molar-refractivity contribution is 8.00. The summed E-state index contributed by atoms with van der Waals surface area (Å²) < 4.78 is 10.0. The Kier molecular flexibility index (Phi) is 8.99. The molecule has 152 valence electrons. The fourth-order valence-corrected chi connectivity index (χ4v) is 3.34. The topological polar surface area (TPSA) is 72.9 Å². The van der Waals surface area contributed by atoms with Crippen molar-refractivity contribution in [1.82, 2.24) is 0 Å². The predicted octanol–water partition coefficient (Wildman–Crippen LogP) is 3.76. The van der Waals surface area contributed by atoms with Crippen LogP contribution >= 0.6 is 11.8 Å². The second-order valence-electron chi connectivity index (χ2n) is 6.86. The molecule has 28 heavy (non-hydrogen) atoms. The molecule has 1 amide bonds. The van der Waals surface area contributed by atoms with E-state index in [1.807, 2.05) is 20.8 Å². The Hall–Kier alpha value is -2.54. The molecule has 1 rings (SSSR count). The van der Waals surface area contributed by atoms with Crippen LogP contribution in [-0.2, 0) is 19.1 Å². The lowest BCUT2D eigenvalue weighted by Gasteiger charge is -2.33. The molecule has 0 aromatic heterocycles. The van der Waals surface area contributed by atoms with Crippen LogP contribution in [0.1, 0.15) is 27.2 Å². The highest BCUT2D eigenvalue weighted by Gasteiger charge is 2.30. The molecule has 0 saturated heterocycles. The molecule has 1 aromatic carbocycles. The van der Waals surface area contributed by atoms with E-state index in [-0.39, 0.29) is 17.1 Å². The zero-order chi connectivity index (χ0) is 21.3. The smallest absolute Gasteiger partial charge is 0.337 e. The van der Waals surface area contributed by atoms with Crippen LogP contribution in [0.2, 0.25) is 0 Å². The Labute approximate surface area is 170 Å². The maximum absolute atomic E-state index is 12.7. The number of carbonyl (C=O) groups is 3. The summed E-state index contributed by atoms with van der Waals surface area (Å²) in [7, 11) is 1.51. The number of rotatable bonds is 9. The van der Waals surface area contributed by atoms with Crippen LogP contribution in [0, 0.1) is 0 Å². The molecule has 0 fully saturated rings. The van der Waals surface area contributed by atoms with Gasteiger partial charge in [-0.25, -0.2) is 4.79 Å². The van der Waals surface area contributed by atoms with E-state index in [2.05, 4.69) is 13.2 Å². The monoisotopic (exact) mass is 405 g/mol. The summed E-state index contributed by atoms with van der Waals surface area (Å²) in [6.45, 7) is 13.0. The molecule has 1 aromatic rings. The third-order valence-electron chi connectivity index (χ3n) is 3.61. The SMILES string of the molecule is C=CC(=O)OC(=O)CC(CSC(C)(C)C)N(C(=O)C=C)c1ccccc1OC. The molecule has 1 unspecified atom stereocenters. The van der Waals surface area contributed by atoms with Crippen molar-refractivity contribution in [3.05, 3.63) is 49.6 Å². The van der Waals surface area contributed by atoms with Gasteiger partial charge in [-0.1, -0.05) is 46.1 Å². The molecular weight excluding hydrogens is 378 g/mol. The molecule has 0 aliphatic carbocycles. The van der Waals surface area contributed by atoms with Crippen LogP contribution in [0.4, 0.5) is 5.69 Å². The van der Waals surface area contributed by atoms with Gasteiger partial charge in [0.25, 0.3) is 5.91 Å². The Morgan fingerprint density at radius 1 is 1.18 bits per heavy atom. The van der Waals surface area contributed by atoms with Gasteiger partial charge in [0.15, 0.2) is 0 Å². The number of hydrogen-bond acceptors (Lipinski definition) is 6. The second kappa shape index (κ2) is 10.7. The maximum atomic E-state index is 12.7. The molecule has 0 saturated carbocycles. The largest absolute Gasteiger partial charge is 0.495 e. The van der Waals surface area contributed by atoms with Gasteiger partial charge in [-0.2, -0.15) is 11.8 Å². The first-order chi connectivity index (χ1) is 13.1. The Balaban J connectivity index is 3.30. The minimum atomic E-state index is -0.828. The van der Waals surface area contributed by atoms with Gasteiger partial charge in [0, 0.05) is 16.6 Å².